The van der Waals surface area contributed by atoms with E-state index in [0.717, 1.165) is 18.2 Å². The lowest BCUT2D eigenvalue weighted by Gasteiger charge is -2.46. The summed E-state index contributed by atoms with van der Waals surface area (Å²) in [6.45, 7) is 8.62. The third-order valence-corrected chi connectivity index (χ3v) is 6.02. The molecular formula is C25H36F3N3O5. The maximum Gasteiger partial charge on any atom is 0.416 e. The molecule has 1 fully saturated rings. The molecule has 1 aromatic carbocycles. The standard InChI is InChI=1S/C25H36F3N3O5/c1-15(2)36-23(35)31(24(3,4)5)19-9-10-20(17(12-19)14-32)30-21(33)13-29-22(34)16-7-6-8-18(11-16)25(26,27)28/h6-8,11,15,17,19-20,32H,9-10,12-14H2,1-5H3,(H,29,34)(H,30,33)/t17-,19+,20-/m0/s1. The third kappa shape index (κ3) is 8.11. The maximum absolute atomic E-state index is 12.9. The van der Waals surface area contributed by atoms with Gasteiger partial charge in [-0.1, -0.05) is 6.07 Å². The van der Waals surface area contributed by atoms with E-state index in [4.69, 9.17) is 4.74 Å². The Labute approximate surface area is 209 Å². The second kappa shape index (κ2) is 11.9. The van der Waals surface area contributed by atoms with Crippen molar-refractivity contribution in [2.75, 3.05) is 13.2 Å². The lowest BCUT2D eigenvalue weighted by atomic mass is 9.80. The number of rotatable bonds is 7. The van der Waals surface area contributed by atoms with Crippen LogP contribution in [0.25, 0.3) is 0 Å². The molecule has 202 valence electrons. The van der Waals surface area contributed by atoms with E-state index in [0.29, 0.717) is 19.3 Å². The number of carbonyl (C=O) groups is 3. The molecule has 0 aromatic heterocycles. The molecule has 1 saturated carbocycles. The average molecular weight is 516 g/mol. The van der Waals surface area contributed by atoms with Crippen LogP contribution in [0.5, 0.6) is 0 Å². The van der Waals surface area contributed by atoms with E-state index >= 15 is 0 Å². The Morgan fingerprint density at radius 2 is 1.83 bits per heavy atom. The molecule has 1 aliphatic rings. The molecule has 1 aliphatic carbocycles. The van der Waals surface area contributed by atoms with Gasteiger partial charge < -0.3 is 25.4 Å². The van der Waals surface area contributed by atoms with Crippen LogP contribution >= 0.6 is 0 Å². The van der Waals surface area contributed by atoms with Crippen molar-refractivity contribution in [2.24, 2.45) is 5.92 Å². The highest BCUT2D eigenvalue weighted by molar-refractivity contribution is 5.96. The third-order valence-electron chi connectivity index (χ3n) is 6.02. The largest absolute Gasteiger partial charge is 0.447 e. The number of ether oxygens (including phenoxy) is 1. The molecule has 3 atom stereocenters. The highest BCUT2D eigenvalue weighted by Gasteiger charge is 2.40. The molecular weight excluding hydrogens is 479 g/mol. The molecule has 0 unspecified atom stereocenters. The number of amides is 3. The minimum Gasteiger partial charge on any atom is -0.447 e. The lowest BCUT2D eigenvalue weighted by molar-refractivity contribution is -0.137. The summed E-state index contributed by atoms with van der Waals surface area (Å²) in [5.41, 5.74) is -1.67. The Balaban J connectivity index is 1.97. The van der Waals surface area contributed by atoms with Crippen LogP contribution in [-0.4, -0.2) is 64.8 Å². The fourth-order valence-corrected chi connectivity index (χ4v) is 4.45. The van der Waals surface area contributed by atoms with Crippen LogP contribution in [0, 0.1) is 5.92 Å². The van der Waals surface area contributed by atoms with Crippen molar-refractivity contribution in [3.8, 4) is 0 Å². The molecule has 0 saturated heterocycles. The van der Waals surface area contributed by atoms with E-state index in [9.17, 15) is 32.7 Å². The van der Waals surface area contributed by atoms with Crippen molar-refractivity contribution in [1.29, 1.82) is 0 Å². The number of aliphatic hydroxyl groups is 1. The van der Waals surface area contributed by atoms with Crippen molar-refractivity contribution in [3.05, 3.63) is 35.4 Å². The number of halogens is 3. The summed E-state index contributed by atoms with van der Waals surface area (Å²) in [5, 5.41) is 15.1. The number of nitrogens with zero attached hydrogens (tertiary/aromatic N) is 1. The normalized spacial score (nSPS) is 20.6. The first kappa shape index (κ1) is 29.4. The zero-order valence-electron chi connectivity index (χ0n) is 21.3. The van der Waals surface area contributed by atoms with Gasteiger partial charge in [-0.25, -0.2) is 4.79 Å². The Kier molecular flexibility index (Phi) is 9.76. The van der Waals surface area contributed by atoms with Gasteiger partial charge in [0.2, 0.25) is 5.91 Å². The van der Waals surface area contributed by atoms with Crippen LogP contribution in [0.15, 0.2) is 24.3 Å². The smallest absolute Gasteiger partial charge is 0.416 e. The van der Waals surface area contributed by atoms with Gasteiger partial charge in [0.25, 0.3) is 5.91 Å². The zero-order valence-corrected chi connectivity index (χ0v) is 21.3. The van der Waals surface area contributed by atoms with Gasteiger partial charge in [0.1, 0.15) is 0 Å². The summed E-state index contributed by atoms with van der Waals surface area (Å²) < 4.78 is 44.0. The van der Waals surface area contributed by atoms with Crippen molar-refractivity contribution in [2.45, 2.75) is 83.8 Å². The number of hydrogen-bond acceptors (Lipinski definition) is 5. The van der Waals surface area contributed by atoms with Gasteiger partial charge >= 0.3 is 12.3 Å². The Morgan fingerprint density at radius 1 is 1.17 bits per heavy atom. The van der Waals surface area contributed by atoms with Crippen LogP contribution < -0.4 is 10.6 Å². The Bertz CT molecular complexity index is 930. The van der Waals surface area contributed by atoms with E-state index in [1.165, 1.54) is 6.07 Å². The highest BCUT2D eigenvalue weighted by atomic mass is 19.4. The molecule has 0 radical (unpaired) electrons. The van der Waals surface area contributed by atoms with Gasteiger partial charge in [0, 0.05) is 35.7 Å². The van der Waals surface area contributed by atoms with E-state index in [-0.39, 0.29) is 36.3 Å². The van der Waals surface area contributed by atoms with Crippen molar-refractivity contribution >= 4 is 17.9 Å². The fourth-order valence-electron chi connectivity index (χ4n) is 4.45. The average Bonchev–Trinajstić information content (AvgIpc) is 2.76. The number of nitrogens with one attached hydrogen (secondary N) is 2. The van der Waals surface area contributed by atoms with Gasteiger partial charge in [-0.2, -0.15) is 13.2 Å². The molecule has 0 bridgehead atoms. The summed E-state index contributed by atoms with van der Waals surface area (Å²) in [4.78, 5) is 39.2. The summed E-state index contributed by atoms with van der Waals surface area (Å²) in [5.74, 6) is -1.66. The topological polar surface area (TPSA) is 108 Å². The lowest BCUT2D eigenvalue weighted by Crippen LogP contribution is -2.57. The van der Waals surface area contributed by atoms with Crippen LogP contribution in [0.3, 0.4) is 0 Å². The molecule has 11 heteroatoms. The monoisotopic (exact) mass is 515 g/mol. The highest BCUT2D eigenvalue weighted by Crippen LogP contribution is 2.33. The summed E-state index contributed by atoms with van der Waals surface area (Å²) in [7, 11) is 0. The van der Waals surface area contributed by atoms with Gasteiger partial charge in [-0.15, -0.1) is 0 Å². The number of benzene rings is 1. The molecule has 3 N–H and O–H groups in total. The summed E-state index contributed by atoms with van der Waals surface area (Å²) in [6.07, 6.45) is -3.79. The number of hydrogen-bond donors (Lipinski definition) is 3. The molecule has 2 rings (SSSR count). The molecule has 0 aliphatic heterocycles. The van der Waals surface area contributed by atoms with Gasteiger partial charge in [0.05, 0.1) is 18.2 Å². The molecule has 36 heavy (non-hydrogen) atoms. The van der Waals surface area contributed by atoms with Gasteiger partial charge in [-0.05, 0) is 72.1 Å². The Hall–Kier alpha value is -2.82. The predicted molar refractivity (Wildman–Crippen MR) is 127 cm³/mol. The number of aliphatic hydroxyl groups excluding tert-OH is 1. The van der Waals surface area contributed by atoms with Crippen LogP contribution in [0.4, 0.5) is 18.0 Å². The van der Waals surface area contributed by atoms with Crippen molar-refractivity contribution in [1.82, 2.24) is 15.5 Å². The predicted octanol–water partition coefficient (Wildman–Crippen LogP) is 3.73. The van der Waals surface area contributed by atoms with Crippen LogP contribution in [-0.2, 0) is 15.7 Å². The SMILES string of the molecule is CC(C)OC(=O)N([C@@H]1CC[C@H](NC(=O)CNC(=O)c2cccc(C(F)(F)F)c2)[C@H](CO)C1)C(C)(C)C. The number of carbonyl (C=O) groups excluding carboxylic acids is 3. The first-order valence-corrected chi connectivity index (χ1v) is 12.0. The number of alkyl halides is 3. The first-order chi connectivity index (χ1) is 16.6. The second-order valence-corrected chi connectivity index (χ2v) is 10.3. The van der Waals surface area contributed by atoms with Crippen molar-refractivity contribution in [3.63, 3.8) is 0 Å². The van der Waals surface area contributed by atoms with E-state index < -0.39 is 41.7 Å². The Morgan fingerprint density at radius 3 is 2.39 bits per heavy atom. The minimum absolute atomic E-state index is 0.192. The zero-order chi connectivity index (χ0) is 27.3. The minimum atomic E-state index is -4.58. The summed E-state index contributed by atoms with van der Waals surface area (Å²) in [6, 6.07) is 3.37. The molecule has 0 spiro atoms. The molecule has 3 amide bonds. The fraction of sp³-hybridized carbons (Fsp3) is 0.640. The van der Waals surface area contributed by atoms with E-state index in [2.05, 4.69) is 10.6 Å². The van der Waals surface area contributed by atoms with Gasteiger partial charge in [-0.3, -0.25) is 9.59 Å². The first-order valence-electron chi connectivity index (χ1n) is 12.0. The van der Waals surface area contributed by atoms with Crippen LogP contribution in [0.1, 0.15) is 69.8 Å². The van der Waals surface area contributed by atoms with E-state index in [1.807, 2.05) is 20.8 Å². The van der Waals surface area contributed by atoms with Gasteiger partial charge in [0.15, 0.2) is 0 Å². The van der Waals surface area contributed by atoms with E-state index in [1.54, 1.807) is 18.7 Å². The molecule has 0 heterocycles. The molecule has 1 aromatic rings. The summed E-state index contributed by atoms with van der Waals surface area (Å²) >= 11 is 0. The maximum atomic E-state index is 12.9. The quantitative estimate of drug-likeness (QED) is 0.513. The molecule has 8 nitrogen and oxygen atoms in total. The van der Waals surface area contributed by atoms with Crippen LogP contribution in [0.2, 0.25) is 0 Å². The van der Waals surface area contributed by atoms with Crippen molar-refractivity contribution < 1.29 is 37.4 Å². The second-order valence-electron chi connectivity index (χ2n) is 10.3.